The third-order valence-electron chi connectivity index (χ3n) is 3.11. The Kier molecular flexibility index (Phi) is 4.99. The minimum atomic E-state index is -0.847. The number of primary amides is 1. The highest BCUT2D eigenvalue weighted by Gasteiger charge is 2.14. The molecule has 1 heterocycles. The second kappa shape index (κ2) is 6.94. The second-order valence-corrected chi connectivity index (χ2v) is 4.76. The smallest absolute Gasteiger partial charge is 0.318 e. The van der Waals surface area contributed by atoms with Gasteiger partial charge in [0.2, 0.25) is 5.91 Å². The Hall–Kier alpha value is -2.28. The lowest BCUT2D eigenvalue weighted by molar-refractivity contribution is -0.121. The van der Waals surface area contributed by atoms with Gasteiger partial charge >= 0.3 is 6.03 Å². The normalized spacial score (nSPS) is 14.3. The van der Waals surface area contributed by atoms with E-state index in [1.54, 1.807) is 6.92 Å². The first-order chi connectivity index (χ1) is 10.1. The van der Waals surface area contributed by atoms with Crippen LogP contribution in [0, 0.1) is 0 Å². The van der Waals surface area contributed by atoms with E-state index >= 15 is 0 Å². The molecule has 4 N–H and O–H groups in total. The summed E-state index contributed by atoms with van der Waals surface area (Å²) >= 11 is 0. The molecular weight excluding hydrogens is 274 g/mol. The highest BCUT2D eigenvalue weighted by Crippen LogP contribution is 2.30. The van der Waals surface area contributed by atoms with E-state index in [0.29, 0.717) is 19.8 Å². The van der Waals surface area contributed by atoms with Crippen LogP contribution in [0.4, 0.5) is 4.79 Å². The average Bonchev–Trinajstić information content (AvgIpc) is 2.46. The van der Waals surface area contributed by atoms with E-state index in [2.05, 4.69) is 5.32 Å². The van der Waals surface area contributed by atoms with Gasteiger partial charge in [0.15, 0.2) is 11.5 Å². The molecule has 1 unspecified atom stereocenters. The van der Waals surface area contributed by atoms with Gasteiger partial charge in [-0.2, -0.15) is 0 Å². The molecule has 7 heteroatoms. The summed E-state index contributed by atoms with van der Waals surface area (Å²) in [5, 5.41) is 5.06. The van der Waals surface area contributed by atoms with Crippen LogP contribution in [0.1, 0.15) is 12.5 Å². The zero-order chi connectivity index (χ0) is 15.2. The molecule has 7 nitrogen and oxygen atoms in total. The predicted molar refractivity (Wildman–Crippen MR) is 76.3 cm³/mol. The van der Waals surface area contributed by atoms with E-state index in [-0.39, 0.29) is 0 Å². The number of carbonyl (C=O) groups is 2. The van der Waals surface area contributed by atoms with E-state index in [0.717, 1.165) is 23.5 Å². The molecule has 0 radical (unpaired) electrons. The first-order valence-corrected chi connectivity index (χ1v) is 6.78. The molecule has 1 aromatic rings. The average molecular weight is 293 g/mol. The van der Waals surface area contributed by atoms with Gasteiger partial charge in [-0.15, -0.1) is 0 Å². The van der Waals surface area contributed by atoms with Gasteiger partial charge in [-0.05, 0) is 37.6 Å². The SMILES string of the molecule is CC(NCCc1ccc2c(c1)OCCO2)C(=O)NC(N)=O. The molecule has 1 aliphatic rings. The van der Waals surface area contributed by atoms with Crippen molar-refractivity contribution in [3.8, 4) is 11.5 Å². The standard InChI is InChI=1S/C14H19N3O4/c1-9(13(18)17-14(15)19)16-5-4-10-2-3-11-12(8-10)21-7-6-20-11/h2-3,8-9,16H,4-7H2,1H3,(H3,15,17,18,19). The van der Waals surface area contributed by atoms with E-state index in [1.807, 2.05) is 23.5 Å². The van der Waals surface area contributed by atoms with Crippen LogP contribution in [0.25, 0.3) is 0 Å². The number of imide groups is 1. The summed E-state index contributed by atoms with van der Waals surface area (Å²) in [6.07, 6.45) is 0.727. The summed E-state index contributed by atoms with van der Waals surface area (Å²) in [4.78, 5) is 22.1. The highest BCUT2D eigenvalue weighted by atomic mass is 16.6. The Morgan fingerprint density at radius 1 is 1.29 bits per heavy atom. The van der Waals surface area contributed by atoms with Gasteiger partial charge in [-0.25, -0.2) is 4.79 Å². The van der Waals surface area contributed by atoms with Gasteiger partial charge in [0, 0.05) is 0 Å². The summed E-state index contributed by atoms with van der Waals surface area (Å²) in [7, 11) is 0. The Balaban J connectivity index is 1.80. The topological polar surface area (TPSA) is 103 Å². The van der Waals surface area contributed by atoms with E-state index in [1.165, 1.54) is 0 Å². The summed E-state index contributed by atoms with van der Waals surface area (Å²) in [5.74, 6) is 1.06. The number of ether oxygens (including phenoxy) is 2. The summed E-state index contributed by atoms with van der Waals surface area (Å²) in [6.45, 7) is 3.38. The molecule has 0 saturated heterocycles. The molecule has 0 saturated carbocycles. The van der Waals surface area contributed by atoms with Crippen molar-refractivity contribution in [2.45, 2.75) is 19.4 Å². The third-order valence-corrected chi connectivity index (χ3v) is 3.11. The van der Waals surface area contributed by atoms with Crippen molar-refractivity contribution >= 4 is 11.9 Å². The van der Waals surface area contributed by atoms with Crippen LogP contribution in [0.3, 0.4) is 0 Å². The van der Waals surface area contributed by atoms with Crippen LogP contribution < -0.4 is 25.8 Å². The summed E-state index contributed by atoms with van der Waals surface area (Å²) < 4.78 is 11.0. The van der Waals surface area contributed by atoms with Crippen molar-refractivity contribution in [3.63, 3.8) is 0 Å². The number of amides is 3. The number of nitrogens with two attached hydrogens (primary N) is 1. The van der Waals surface area contributed by atoms with Crippen molar-refractivity contribution < 1.29 is 19.1 Å². The fourth-order valence-corrected chi connectivity index (χ4v) is 2.00. The van der Waals surface area contributed by atoms with Crippen molar-refractivity contribution in [2.75, 3.05) is 19.8 Å². The van der Waals surface area contributed by atoms with Crippen molar-refractivity contribution in [3.05, 3.63) is 23.8 Å². The minimum absolute atomic E-state index is 0.440. The number of rotatable bonds is 5. The lowest BCUT2D eigenvalue weighted by atomic mass is 10.1. The van der Waals surface area contributed by atoms with E-state index < -0.39 is 18.0 Å². The Morgan fingerprint density at radius 3 is 2.71 bits per heavy atom. The number of hydrogen-bond acceptors (Lipinski definition) is 5. The van der Waals surface area contributed by atoms with Crippen molar-refractivity contribution in [2.24, 2.45) is 5.73 Å². The maximum atomic E-state index is 11.5. The highest BCUT2D eigenvalue weighted by molar-refractivity contribution is 5.96. The lowest BCUT2D eigenvalue weighted by Gasteiger charge is -2.19. The predicted octanol–water partition coefficient (Wildman–Crippen LogP) is 0.173. The molecule has 0 bridgehead atoms. The molecular formula is C14H19N3O4. The maximum absolute atomic E-state index is 11.5. The molecule has 21 heavy (non-hydrogen) atoms. The molecule has 0 spiro atoms. The number of fused-ring (bicyclic) bond motifs is 1. The molecule has 1 atom stereocenters. The van der Waals surface area contributed by atoms with Crippen LogP contribution >= 0.6 is 0 Å². The fourth-order valence-electron chi connectivity index (χ4n) is 2.00. The van der Waals surface area contributed by atoms with Crippen molar-refractivity contribution in [1.29, 1.82) is 0 Å². The Labute approximate surface area is 122 Å². The van der Waals surface area contributed by atoms with Gasteiger partial charge in [0.1, 0.15) is 13.2 Å². The van der Waals surface area contributed by atoms with Gasteiger partial charge in [0.25, 0.3) is 0 Å². The number of nitrogens with one attached hydrogen (secondary N) is 2. The molecule has 0 aromatic heterocycles. The van der Waals surface area contributed by atoms with Gasteiger partial charge in [-0.1, -0.05) is 6.07 Å². The molecule has 2 rings (SSSR count). The molecule has 1 aromatic carbocycles. The summed E-state index contributed by atoms with van der Waals surface area (Å²) in [6, 6.07) is 4.44. The van der Waals surface area contributed by atoms with Crippen molar-refractivity contribution in [1.82, 2.24) is 10.6 Å². The molecule has 0 fully saturated rings. The van der Waals surface area contributed by atoms with Crippen LogP contribution in [-0.2, 0) is 11.2 Å². The largest absolute Gasteiger partial charge is 0.486 e. The number of benzene rings is 1. The van der Waals surface area contributed by atoms with Gasteiger partial charge in [0.05, 0.1) is 6.04 Å². The monoisotopic (exact) mass is 293 g/mol. The van der Waals surface area contributed by atoms with Gasteiger partial charge < -0.3 is 20.5 Å². The lowest BCUT2D eigenvalue weighted by Crippen LogP contribution is -2.46. The van der Waals surface area contributed by atoms with Crippen LogP contribution in [0.5, 0.6) is 11.5 Å². The number of hydrogen-bond donors (Lipinski definition) is 3. The minimum Gasteiger partial charge on any atom is -0.486 e. The van der Waals surface area contributed by atoms with Crippen LogP contribution in [0.2, 0.25) is 0 Å². The Bertz CT molecular complexity index is 533. The van der Waals surface area contributed by atoms with Crippen LogP contribution in [-0.4, -0.2) is 37.7 Å². The molecule has 0 aliphatic carbocycles. The third kappa shape index (κ3) is 4.35. The van der Waals surface area contributed by atoms with Crippen LogP contribution in [0.15, 0.2) is 18.2 Å². The maximum Gasteiger partial charge on any atom is 0.318 e. The molecule has 114 valence electrons. The van der Waals surface area contributed by atoms with E-state index in [4.69, 9.17) is 15.2 Å². The zero-order valence-corrected chi connectivity index (χ0v) is 11.8. The van der Waals surface area contributed by atoms with E-state index in [9.17, 15) is 9.59 Å². The second-order valence-electron chi connectivity index (χ2n) is 4.76. The van der Waals surface area contributed by atoms with Gasteiger partial charge in [-0.3, -0.25) is 10.1 Å². The summed E-state index contributed by atoms with van der Waals surface area (Å²) in [5.41, 5.74) is 5.97. The first kappa shape index (κ1) is 15.1. The molecule has 1 aliphatic heterocycles. The quantitative estimate of drug-likeness (QED) is 0.718. The zero-order valence-electron chi connectivity index (χ0n) is 11.8. The molecule has 3 amide bonds. The Morgan fingerprint density at radius 2 is 2.00 bits per heavy atom. The first-order valence-electron chi connectivity index (χ1n) is 6.78. The number of urea groups is 1. The number of carbonyl (C=O) groups excluding carboxylic acids is 2. The fraction of sp³-hybridized carbons (Fsp3) is 0.429.